The number of aryl methyl sites for hydroxylation is 1. The van der Waals surface area contributed by atoms with Gasteiger partial charge in [-0.1, -0.05) is 6.07 Å². The third kappa shape index (κ3) is 4.95. The van der Waals surface area contributed by atoms with Crippen LogP contribution in [0, 0.1) is 12.7 Å². The van der Waals surface area contributed by atoms with E-state index in [1.165, 1.54) is 48.8 Å². The van der Waals surface area contributed by atoms with Crippen LogP contribution < -0.4 is 16.4 Å². The molecule has 0 atom stereocenters. The molecule has 0 aliphatic heterocycles. The number of halogens is 1. The van der Waals surface area contributed by atoms with Crippen molar-refractivity contribution in [3.05, 3.63) is 92.5 Å². The fourth-order valence-corrected chi connectivity index (χ4v) is 2.92. The van der Waals surface area contributed by atoms with Crippen LogP contribution in [0.15, 0.2) is 64.4 Å². The lowest BCUT2D eigenvalue weighted by Crippen LogP contribution is -2.41. The van der Waals surface area contributed by atoms with Gasteiger partial charge in [-0.25, -0.2) is 9.18 Å². The average molecular weight is 425 g/mol. The SMILES string of the molecule is CCOC(=O)c1ccc(NC(=O)Cn2ccn(-c3cc(F)ccc3C)c(=O)c2=O)cc1. The molecule has 0 bridgehead atoms. The van der Waals surface area contributed by atoms with Gasteiger partial charge in [0.2, 0.25) is 5.91 Å². The van der Waals surface area contributed by atoms with Gasteiger partial charge in [0, 0.05) is 18.1 Å². The van der Waals surface area contributed by atoms with Crippen LogP contribution in [0.3, 0.4) is 0 Å². The van der Waals surface area contributed by atoms with E-state index in [9.17, 15) is 23.6 Å². The molecule has 9 heteroatoms. The van der Waals surface area contributed by atoms with E-state index in [0.29, 0.717) is 16.8 Å². The van der Waals surface area contributed by atoms with E-state index in [-0.39, 0.29) is 12.3 Å². The third-order valence-corrected chi connectivity index (χ3v) is 4.48. The van der Waals surface area contributed by atoms with E-state index < -0.39 is 35.4 Å². The van der Waals surface area contributed by atoms with Gasteiger partial charge >= 0.3 is 17.1 Å². The maximum absolute atomic E-state index is 13.6. The van der Waals surface area contributed by atoms with Crippen LogP contribution in [0.2, 0.25) is 0 Å². The van der Waals surface area contributed by atoms with Crippen molar-refractivity contribution >= 4 is 17.6 Å². The van der Waals surface area contributed by atoms with Crippen molar-refractivity contribution in [2.45, 2.75) is 20.4 Å². The molecule has 8 nitrogen and oxygen atoms in total. The number of nitrogens with zero attached hydrogens (tertiary/aromatic N) is 2. The number of hydrogen-bond acceptors (Lipinski definition) is 5. The number of amides is 1. The number of nitrogens with one attached hydrogen (secondary N) is 1. The van der Waals surface area contributed by atoms with Crippen molar-refractivity contribution in [1.82, 2.24) is 9.13 Å². The van der Waals surface area contributed by atoms with E-state index in [1.54, 1.807) is 13.8 Å². The quantitative estimate of drug-likeness (QED) is 0.483. The fourth-order valence-electron chi connectivity index (χ4n) is 2.92. The van der Waals surface area contributed by atoms with Crippen molar-refractivity contribution in [1.29, 1.82) is 0 Å². The zero-order valence-electron chi connectivity index (χ0n) is 16.9. The minimum Gasteiger partial charge on any atom is -0.462 e. The summed E-state index contributed by atoms with van der Waals surface area (Å²) >= 11 is 0. The first kappa shape index (κ1) is 21.7. The van der Waals surface area contributed by atoms with Gasteiger partial charge in [-0.15, -0.1) is 0 Å². The zero-order chi connectivity index (χ0) is 22.5. The molecule has 1 aromatic heterocycles. The molecule has 0 fully saturated rings. The molecule has 1 amide bonds. The highest BCUT2D eigenvalue weighted by Crippen LogP contribution is 2.13. The van der Waals surface area contributed by atoms with Gasteiger partial charge < -0.3 is 10.1 Å². The summed E-state index contributed by atoms with van der Waals surface area (Å²) in [5.41, 5.74) is -0.200. The van der Waals surface area contributed by atoms with E-state index in [2.05, 4.69) is 5.32 Å². The highest BCUT2D eigenvalue weighted by Gasteiger charge is 2.13. The molecular weight excluding hydrogens is 405 g/mol. The van der Waals surface area contributed by atoms with E-state index in [0.717, 1.165) is 15.2 Å². The first-order valence-electron chi connectivity index (χ1n) is 9.46. The summed E-state index contributed by atoms with van der Waals surface area (Å²) in [7, 11) is 0. The van der Waals surface area contributed by atoms with Crippen LogP contribution >= 0.6 is 0 Å². The van der Waals surface area contributed by atoms with Crippen molar-refractivity contribution in [2.24, 2.45) is 0 Å². The number of anilines is 1. The average Bonchev–Trinajstić information content (AvgIpc) is 2.74. The van der Waals surface area contributed by atoms with Crippen molar-refractivity contribution in [3.63, 3.8) is 0 Å². The topological polar surface area (TPSA) is 99.4 Å². The molecule has 0 saturated heterocycles. The molecule has 0 unspecified atom stereocenters. The number of ether oxygens (including phenoxy) is 1. The Kier molecular flexibility index (Phi) is 6.44. The minimum absolute atomic E-state index is 0.250. The maximum atomic E-state index is 13.6. The van der Waals surface area contributed by atoms with Crippen LogP contribution in [0.5, 0.6) is 0 Å². The molecule has 0 saturated carbocycles. The number of hydrogen-bond donors (Lipinski definition) is 1. The molecule has 3 aromatic rings. The highest BCUT2D eigenvalue weighted by molar-refractivity contribution is 5.93. The standard InChI is InChI=1S/C22H20FN3O5/c1-3-31-22(30)15-5-8-17(9-6-15)24-19(27)13-25-10-11-26(21(29)20(25)28)18-12-16(23)7-4-14(18)2/h4-12H,3,13H2,1-2H3,(H,24,27). The summed E-state index contributed by atoms with van der Waals surface area (Å²) in [4.78, 5) is 48.9. The van der Waals surface area contributed by atoms with E-state index in [1.807, 2.05) is 0 Å². The highest BCUT2D eigenvalue weighted by atomic mass is 19.1. The number of rotatable bonds is 6. The largest absolute Gasteiger partial charge is 0.462 e. The maximum Gasteiger partial charge on any atom is 0.338 e. The number of carbonyl (C=O) groups is 2. The van der Waals surface area contributed by atoms with Crippen LogP contribution in [0.1, 0.15) is 22.8 Å². The van der Waals surface area contributed by atoms with Crippen LogP contribution in [-0.2, 0) is 16.1 Å². The number of benzene rings is 2. The van der Waals surface area contributed by atoms with Gasteiger partial charge in [-0.05, 0) is 55.8 Å². The Bertz CT molecular complexity index is 1250. The second-order valence-corrected chi connectivity index (χ2v) is 6.68. The van der Waals surface area contributed by atoms with Gasteiger partial charge in [0.25, 0.3) is 0 Å². The minimum atomic E-state index is -0.918. The van der Waals surface area contributed by atoms with Gasteiger partial charge in [-0.2, -0.15) is 0 Å². The second-order valence-electron chi connectivity index (χ2n) is 6.68. The Labute approximate surface area is 176 Å². The molecule has 31 heavy (non-hydrogen) atoms. The first-order chi connectivity index (χ1) is 14.8. The van der Waals surface area contributed by atoms with Crippen molar-refractivity contribution in [3.8, 4) is 5.69 Å². The molecule has 1 heterocycles. The Morgan fingerprint density at radius 2 is 1.74 bits per heavy atom. The van der Waals surface area contributed by atoms with Gasteiger partial charge in [-0.3, -0.25) is 23.5 Å². The molecule has 0 aliphatic carbocycles. The second kappa shape index (κ2) is 9.21. The monoisotopic (exact) mass is 425 g/mol. The van der Waals surface area contributed by atoms with Crippen molar-refractivity contribution < 1.29 is 18.7 Å². The molecule has 160 valence electrons. The summed E-state index contributed by atoms with van der Waals surface area (Å²) in [5, 5.41) is 2.59. The normalized spacial score (nSPS) is 10.5. The summed E-state index contributed by atoms with van der Waals surface area (Å²) in [6.45, 7) is 3.25. The number of esters is 1. The molecule has 1 N–H and O–H groups in total. The van der Waals surface area contributed by atoms with Gasteiger partial charge in [0.1, 0.15) is 12.4 Å². The Hall–Kier alpha value is -4.01. The number of carbonyl (C=O) groups excluding carboxylic acids is 2. The molecule has 0 spiro atoms. The van der Waals surface area contributed by atoms with E-state index in [4.69, 9.17) is 4.74 Å². The zero-order valence-corrected chi connectivity index (χ0v) is 16.9. The molecule has 0 radical (unpaired) electrons. The predicted molar refractivity (Wildman–Crippen MR) is 112 cm³/mol. The molecule has 3 rings (SSSR count). The molecule has 2 aromatic carbocycles. The first-order valence-corrected chi connectivity index (χ1v) is 9.46. The van der Waals surface area contributed by atoms with Gasteiger partial charge in [0.15, 0.2) is 0 Å². The van der Waals surface area contributed by atoms with Crippen LogP contribution in [0.4, 0.5) is 10.1 Å². The molecule has 0 aliphatic rings. The summed E-state index contributed by atoms with van der Waals surface area (Å²) in [6.07, 6.45) is 2.60. The summed E-state index contributed by atoms with van der Waals surface area (Å²) < 4.78 is 20.5. The summed E-state index contributed by atoms with van der Waals surface area (Å²) in [6, 6.07) is 9.98. The Morgan fingerprint density at radius 1 is 1.03 bits per heavy atom. The third-order valence-electron chi connectivity index (χ3n) is 4.48. The predicted octanol–water partition coefficient (Wildman–Crippen LogP) is 2.26. The smallest absolute Gasteiger partial charge is 0.338 e. The van der Waals surface area contributed by atoms with Crippen molar-refractivity contribution in [2.75, 3.05) is 11.9 Å². The summed E-state index contributed by atoms with van der Waals surface area (Å²) in [5.74, 6) is -1.55. The fraction of sp³-hybridized carbons (Fsp3) is 0.182. The Balaban J connectivity index is 1.76. The lowest BCUT2D eigenvalue weighted by molar-refractivity contribution is -0.116. The van der Waals surface area contributed by atoms with E-state index >= 15 is 0 Å². The Morgan fingerprint density at radius 3 is 2.42 bits per heavy atom. The van der Waals surface area contributed by atoms with Crippen LogP contribution in [0.25, 0.3) is 5.69 Å². The lowest BCUT2D eigenvalue weighted by atomic mass is 10.2. The van der Waals surface area contributed by atoms with Crippen LogP contribution in [-0.4, -0.2) is 27.6 Å². The number of aromatic nitrogens is 2. The molecular formula is C22H20FN3O5. The lowest BCUT2D eigenvalue weighted by Gasteiger charge is -2.11. The van der Waals surface area contributed by atoms with Gasteiger partial charge in [0.05, 0.1) is 17.9 Å².